The van der Waals surface area contributed by atoms with Gasteiger partial charge in [-0.3, -0.25) is 4.98 Å². The Labute approximate surface area is 145 Å². The molecule has 1 aliphatic carbocycles. The Hall–Kier alpha value is -2.08. The number of allylic oxidation sites excluding steroid dienone is 4. The Morgan fingerprint density at radius 2 is 1.96 bits per heavy atom. The lowest BCUT2D eigenvalue weighted by molar-refractivity contribution is 0.506. The molecule has 0 fully saturated rings. The summed E-state index contributed by atoms with van der Waals surface area (Å²) in [5.74, 6) is 0. The average molecular weight is 341 g/mol. The Morgan fingerprint density at radius 3 is 2.61 bits per heavy atom. The van der Waals surface area contributed by atoms with Crippen LogP contribution in [0.25, 0.3) is 11.3 Å². The number of rotatable bonds is 3. The molecule has 0 amide bonds. The lowest BCUT2D eigenvalue weighted by atomic mass is 9.78. The number of nitrogens with zero attached hydrogens (tertiary/aromatic N) is 2. The Morgan fingerprint density at radius 1 is 1.17 bits per heavy atom. The van der Waals surface area contributed by atoms with E-state index in [0.717, 1.165) is 16.8 Å². The summed E-state index contributed by atoms with van der Waals surface area (Å²) in [7, 11) is 0. The third-order valence-electron chi connectivity index (χ3n) is 3.97. The van der Waals surface area contributed by atoms with Crippen LogP contribution >= 0.6 is 23.2 Å². The predicted octanol–water partition coefficient (Wildman–Crippen LogP) is 5.54. The summed E-state index contributed by atoms with van der Waals surface area (Å²) in [6, 6.07) is 14.1. The highest BCUT2D eigenvalue weighted by Crippen LogP contribution is 2.37. The third kappa shape index (κ3) is 3.32. The number of aromatic nitrogens is 1. The van der Waals surface area contributed by atoms with Crippen molar-refractivity contribution in [2.24, 2.45) is 5.41 Å². The second-order valence-electron chi connectivity index (χ2n) is 5.57. The van der Waals surface area contributed by atoms with E-state index in [1.54, 1.807) is 12.3 Å². The summed E-state index contributed by atoms with van der Waals surface area (Å²) in [5.41, 5.74) is 2.01. The van der Waals surface area contributed by atoms with Crippen molar-refractivity contribution in [1.29, 1.82) is 5.26 Å². The first kappa shape index (κ1) is 15.8. The van der Waals surface area contributed by atoms with E-state index in [1.807, 2.05) is 48.6 Å². The fourth-order valence-corrected chi connectivity index (χ4v) is 3.09. The van der Waals surface area contributed by atoms with Crippen molar-refractivity contribution in [3.8, 4) is 17.3 Å². The van der Waals surface area contributed by atoms with E-state index in [-0.39, 0.29) is 0 Å². The molecule has 1 atom stereocenters. The van der Waals surface area contributed by atoms with Crippen molar-refractivity contribution in [3.63, 3.8) is 0 Å². The smallest absolute Gasteiger partial charge is 0.0890 e. The van der Waals surface area contributed by atoms with Gasteiger partial charge in [-0.05, 0) is 30.5 Å². The van der Waals surface area contributed by atoms with Crippen LogP contribution in [0.5, 0.6) is 0 Å². The van der Waals surface area contributed by atoms with Gasteiger partial charge in [-0.2, -0.15) is 5.26 Å². The number of benzene rings is 1. The van der Waals surface area contributed by atoms with Gasteiger partial charge in [-0.1, -0.05) is 65.7 Å². The molecule has 2 nitrogen and oxygen atoms in total. The summed E-state index contributed by atoms with van der Waals surface area (Å²) in [6.45, 7) is 0. The van der Waals surface area contributed by atoms with E-state index in [4.69, 9.17) is 23.2 Å². The molecule has 1 heterocycles. The molecule has 1 aromatic carbocycles. The monoisotopic (exact) mass is 340 g/mol. The van der Waals surface area contributed by atoms with Crippen LogP contribution in [0.15, 0.2) is 65.9 Å². The molecule has 0 N–H and O–H groups in total. The minimum atomic E-state index is -0.614. The maximum Gasteiger partial charge on any atom is 0.0890 e. The molecule has 0 saturated carbocycles. The van der Waals surface area contributed by atoms with Crippen LogP contribution in [0.3, 0.4) is 0 Å². The van der Waals surface area contributed by atoms with Crippen LogP contribution in [-0.4, -0.2) is 4.98 Å². The van der Waals surface area contributed by atoms with Gasteiger partial charge in [0.1, 0.15) is 0 Å². The third-order valence-corrected chi connectivity index (χ3v) is 4.67. The van der Waals surface area contributed by atoms with E-state index >= 15 is 0 Å². The zero-order valence-corrected chi connectivity index (χ0v) is 13.8. The van der Waals surface area contributed by atoms with Crippen molar-refractivity contribution in [2.45, 2.75) is 12.8 Å². The zero-order chi connectivity index (χ0) is 16.3. The van der Waals surface area contributed by atoms with Gasteiger partial charge in [-0.25, -0.2) is 0 Å². The second-order valence-corrected chi connectivity index (χ2v) is 6.38. The minimum Gasteiger partial charge on any atom is -0.255 e. The molecule has 1 unspecified atom stereocenters. The molecule has 4 heteroatoms. The zero-order valence-electron chi connectivity index (χ0n) is 12.3. The van der Waals surface area contributed by atoms with Crippen molar-refractivity contribution in [2.75, 3.05) is 0 Å². The molecule has 0 saturated heterocycles. The van der Waals surface area contributed by atoms with Gasteiger partial charge in [0.15, 0.2) is 0 Å². The van der Waals surface area contributed by atoms with E-state index in [1.165, 1.54) is 0 Å². The SMILES string of the molecule is N#CC1(Cc2ccnc(-c3ccccc3)c2Cl)C=CC(Cl)=CC1. The number of nitriles is 1. The quantitative estimate of drug-likeness (QED) is 0.735. The number of halogens is 2. The van der Waals surface area contributed by atoms with E-state index in [0.29, 0.717) is 22.9 Å². The second kappa shape index (κ2) is 6.58. The molecule has 0 aliphatic heterocycles. The fraction of sp³-hybridized carbons (Fsp3) is 0.158. The molecule has 1 aliphatic rings. The van der Waals surface area contributed by atoms with E-state index in [2.05, 4.69) is 11.1 Å². The van der Waals surface area contributed by atoms with Crippen molar-refractivity contribution in [1.82, 2.24) is 4.98 Å². The first-order valence-electron chi connectivity index (χ1n) is 7.28. The van der Waals surface area contributed by atoms with Crippen LogP contribution < -0.4 is 0 Å². The first-order chi connectivity index (χ1) is 11.1. The first-order valence-corrected chi connectivity index (χ1v) is 8.04. The maximum absolute atomic E-state index is 9.63. The van der Waals surface area contributed by atoms with Gasteiger partial charge >= 0.3 is 0 Å². The molecular weight excluding hydrogens is 327 g/mol. The van der Waals surface area contributed by atoms with Crippen LogP contribution in [-0.2, 0) is 6.42 Å². The molecule has 3 rings (SSSR count). The molecule has 2 aromatic rings. The van der Waals surface area contributed by atoms with Crippen LogP contribution in [0.4, 0.5) is 0 Å². The predicted molar refractivity (Wildman–Crippen MR) is 94.1 cm³/mol. The number of pyridine rings is 1. The largest absolute Gasteiger partial charge is 0.255 e. The number of hydrogen-bond donors (Lipinski definition) is 0. The highest BCUT2D eigenvalue weighted by molar-refractivity contribution is 6.33. The summed E-state index contributed by atoms with van der Waals surface area (Å²) in [6.07, 6.45) is 8.37. The standard InChI is InChI=1S/C19H14Cl2N2/c20-16-6-9-19(13-22,10-7-16)12-15-8-11-23-18(17(15)21)14-4-2-1-3-5-14/h1-9,11H,10,12H2. The summed E-state index contributed by atoms with van der Waals surface area (Å²) >= 11 is 12.5. The molecule has 0 radical (unpaired) electrons. The van der Waals surface area contributed by atoms with Crippen LogP contribution in [0.2, 0.25) is 5.02 Å². The van der Waals surface area contributed by atoms with Gasteiger partial charge < -0.3 is 0 Å². The van der Waals surface area contributed by atoms with Gasteiger partial charge in [-0.15, -0.1) is 0 Å². The minimum absolute atomic E-state index is 0.530. The summed E-state index contributed by atoms with van der Waals surface area (Å²) < 4.78 is 0. The lowest BCUT2D eigenvalue weighted by Gasteiger charge is -2.25. The Bertz CT molecular complexity index is 819. The average Bonchev–Trinajstić information content (AvgIpc) is 2.60. The van der Waals surface area contributed by atoms with Crippen molar-refractivity contribution < 1.29 is 0 Å². The van der Waals surface area contributed by atoms with Crippen LogP contribution in [0, 0.1) is 16.7 Å². The molecule has 0 bridgehead atoms. The van der Waals surface area contributed by atoms with Gasteiger partial charge in [0.05, 0.1) is 22.2 Å². The van der Waals surface area contributed by atoms with Gasteiger partial charge in [0.2, 0.25) is 0 Å². The van der Waals surface area contributed by atoms with Crippen molar-refractivity contribution in [3.05, 3.63) is 76.4 Å². The molecule has 114 valence electrons. The van der Waals surface area contributed by atoms with E-state index in [9.17, 15) is 5.26 Å². The topological polar surface area (TPSA) is 36.7 Å². The normalized spacial score (nSPS) is 20.0. The van der Waals surface area contributed by atoms with Crippen LogP contribution in [0.1, 0.15) is 12.0 Å². The highest BCUT2D eigenvalue weighted by Gasteiger charge is 2.29. The van der Waals surface area contributed by atoms with Gasteiger partial charge in [0.25, 0.3) is 0 Å². The molecule has 1 aromatic heterocycles. The van der Waals surface area contributed by atoms with Gasteiger partial charge in [0, 0.05) is 16.8 Å². The fourth-order valence-electron chi connectivity index (χ4n) is 2.67. The maximum atomic E-state index is 9.63. The lowest BCUT2D eigenvalue weighted by Crippen LogP contribution is -2.20. The Balaban J connectivity index is 1.96. The summed E-state index contributed by atoms with van der Waals surface area (Å²) in [5, 5.41) is 10.9. The molecule has 0 spiro atoms. The summed E-state index contributed by atoms with van der Waals surface area (Å²) in [4.78, 5) is 4.40. The number of hydrogen-bond acceptors (Lipinski definition) is 2. The molecular formula is C19H14Cl2N2. The molecule has 23 heavy (non-hydrogen) atoms. The van der Waals surface area contributed by atoms with Crippen molar-refractivity contribution >= 4 is 23.2 Å². The Kier molecular flexibility index (Phi) is 4.52. The highest BCUT2D eigenvalue weighted by atomic mass is 35.5. The van der Waals surface area contributed by atoms with E-state index < -0.39 is 5.41 Å².